The summed E-state index contributed by atoms with van der Waals surface area (Å²) in [5.74, 6) is -0.0565. The highest BCUT2D eigenvalue weighted by molar-refractivity contribution is 6.43. The van der Waals surface area contributed by atoms with Crippen LogP contribution in [-0.2, 0) is 0 Å². The van der Waals surface area contributed by atoms with Gasteiger partial charge < -0.3 is 10.0 Å². The summed E-state index contributed by atoms with van der Waals surface area (Å²) >= 11 is 5.65. The Morgan fingerprint density at radius 3 is 2.73 bits per heavy atom. The Balaban J connectivity index is 2.39. The van der Waals surface area contributed by atoms with Crippen LogP contribution in [0.3, 0.4) is 0 Å². The minimum atomic E-state index is -4.80. The van der Waals surface area contributed by atoms with Crippen LogP contribution in [0, 0.1) is 0 Å². The molecule has 0 saturated heterocycles. The molecule has 2 aliphatic rings. The first-order valence-electron chi connectivity index (χ1n) is 4.03. The van der Waals surface area contributed by atoms with Crippen molar-refractivity contribution >= 4 is 17.4 Å². The Morgan fingerprint density at radius 1 is 1.53 bits per heavy atom. The number of hydrogen-bond donors (Lipinski definition) is 1. The van der Waals surface area contributed by atoms with E-state index in [0.29, 0.717) is 0 Å². The van der Waals surface area contributed by atoms with Crippen LogP contribution in [0.25, 0.3) is 0 Å². The van der Waals surface area contributed by atoms with E-state index in [0.717, 1.165) is 4.90 Å². The number of amidine groups is 1. The van der Waals surface area contributed by atoms with Crippen LogP contribution in [0.15, 0.2) is 28.4 Å². The van der Waals surface area contributed by atoms with E-state index in [1.54, 1.807) is 0 Å². The lowest BCUT2D eigenvalue weighted by Gasteiger charge is -2.23. The smallest absolute Gasteiger partial charge is 0.361 e. The molecule has 0 amide bonds. The highest BCUT2D eigenvalue weighted by atomic mass is 35.5. The summed E-state index contributed by atoms with van der Waals surface area (Å²) < 4.78 is 37.3. The molecule has 0 saturated carbocycles. The molecule has 0 radical (unpaired) electrons. The highest BCUT2D eigenvalue weighted by Gasteiger charge is 2.58. The van der Waals surface area contributed by atoms with Crippen molar-refractivity contribution in [1.82, 2.24) is 4.90 Å². The van der Waals surface area contributed by atoms with E-state index < -0.39 is 18.4 Å². The molecule has 2 rings (SSSR count). The van der Waals surface area contributed by atoms with E-state index in [1.807, 2.05) is 0 Å². The van der Waals surface area contributed by atoms with Crippen molar-refractivity contribution in [3.63, 3.8) is 0 Å². The van der Waals surface area contributed by atoms with Gasteiger partial charge in [-0.3, -0.25) is 0 Å². The van der Waals surface area contributed by atoms with Gasteiger partial charge in [-0.25, -0.2) is 4.99 Å². The van der Waals surface area contributed by atoms with Crippen LogP contribution in [0.2, 0.25) is 0 Å². The number of rotatable bonds is 0. The van der Waals surface area contributed by atoms with Gasteiger partial charge in [0.1, 0.15) is 5.84 Å². The molecular formula is C8H6ClF3N2O. The van der Waals surface area contributed by atoms with Gasteiger partial charge in [0.2, 0.25) is 0 Å². The Hall–Kier alpha value is -1.01. The number of aliphatic hydroxyl groups is 1. The second-order valence-corrected chi connectivity index (χ2v) is 3.64. The molecule has 1 N–H and O–H groups in total. The lowest BCUT2D eigenvalue weighted by Crippen LogP contribution is -2.46. The van der Waals surface area contributed by atoms with E-state index in [4.69, 9.17) is 11.6 Å². The van der Waals surface area contributed by atoms with Crippen LogP contribution >= 0.6 is 11.6 Å². The first kappa shape index (κ1) is 10.5. The summed E-state index contributed by atoms with van der Waals surface area (Å²) in [6.07, 6.45) is -0.515. The standard InChI is InChI=1S/C8H6ClF3N2O/c9-5-2-1-3-14-4-7(15,8(10,11)12)13-6(5)14/h1-3,15H,4H2. The number of nitrogens with zero attached hydrogens (tertiary/aromatic N) is 2. The third-order valence-corrected chi connectivity index (χ3v) is 2.42. The summed E-state index contributed by atoms with van der Waals surface area (Å²) in [5.41, 5.74) is -3.06. The lowest BCUT2D eigenvalue weighted by molar-refractivity contribution is -0.253. The topological polar surface area (TPSA) is 35.8 Å². The Bertz CT molecular complexity index is 388. The molecule has 1 atom stereocenters. The van der Waals surface area contributed by atoms with Crippen molar-refractivity contribution in [2.24, 2.45) is 4.99 Å². The van der Waals surface area contributed by atoms with E-state index in [2.05, 4.69) is 4.99 Å². The molecule has 0 aromatic carbocycles. The monoisotopic (exact) mass is 238 g/mol. The minimum Gasteiger partial charge on any atom is -0.361 e. The number of hydrogen-bond acceptors (Lipinski definition) is 3. The first-order chi connectivity index (χ1) is 6.83. The van der Waals surface area contributed by atoms with Crippen LogP contribution in [-0.4, -0.2) is 34.3 Å². The number of fused-ring (bicyclic) bond motifs is 1. The molecule has 2 aliphatic heterocycles. The number of halogens is 4. The molecule has 2 heterocycles. The van der Waals surface area contributed by atoms with Gasteiger partial charge in [0.05, 0.1) is 11.6 Å². The number of allylic oxidation sites excluding steroid dienone is 2. The molecule has 0 bridgehead atoms. The fraction of sp³-hybridized carbons (Fsp3) is 0.375. The average Bonchev–Trinajstić information content (AvgIpc) is 2.43. The fourth-order valence-electron chi connectivity index (χ4n) is 1.36. The molecule has 0 aromatic rings. The van der Waals surface area contributed by atoms with Crippen LogP contribution in [0.4, 0.5) is 13.2 Å². The molecular weight excluding hydrogens is 233 g/mol. The third-order valence-electron chi connectivity index (χ3n) is 2.13. The zero-order valence-electron chi connectivity index (χ0n) is 7.29. The van der Waals surface area contributed by atoms with Gasteiger partial charge in [-0.2, -0.15) is 13.2 Å². The number of alkyl halides is 3. The van der Waals surface area contributed by atoms with Gasteiger partial charge in [-0.15, -0.1) is 0 Å². The second kappa shape index (κ2) is 2.99. The van der Waals surface area contributed by atoms with Crippen molar-refractivity contribution in [2.45, 2.75) is 11.9 Å². The molecule has 0 spiro atoms. The van der Waals surface area contributed by atoms with Gasteiger partial charge in [0.25, 0.3) is 5.72 Å². The number of aliphatic imine (C=N–C) groups is 1. The average molecular weight is 239 g/mol. The normalized spacial score (nSPS) is 30.1. The Morgan fingerprint density at radius 2 is 2.20 bits per heavy atom. The first-order valence-corrected chi connectivity index (χ1v) is 4.41. The predicted molar refractivity (Wildman–Crippen MR) is 48.2 cm³/mol. The summed E-state index contributed by atoms with van der Waals surface area (Å²) in [7, 11) is 0. The molecule has 0 aliphatic carbocycles. The quantitative estimate of drug-likeness (QED) is 0.696. The zero-order valence-corrected chi connectivity index (χ0v) is 8.05. The maximum Gasteiger partial charge on any atom is 0.440 e. The van der Waals surface area contributed by atoms with Gasteiger partial charge >= 0.3 is 6.18 Å². The van der Waals surface area contributed by atoms with Gasteiger partial charge in [0, 0.05) is 6.20 Å². The lowest BCUT2D eigenvalue weighted by atomic mass is 10.2. The Kier molecular flexibility index (Phi) is 2.09. The summed E-state index contributed by atoms with van der Waals surface area (Å²) in [5, 5.41) is 9.38. The summed E-state index contributed by atoms with van der Waals surface area (Å²) in [4.78, 5) is 4.38. The van der Waals surface area contributed by atoms with Crippen molar-refractivity contribution < 1.29 is 18.3 Å². The molecule has 0 aromatic heterocycles. The van der Waals surface area contributed by atoms with Gasteiger partial charge in [-0.1, -0.05) is 11.6 Å². The van der Waals surface area contributed by atoms with Crippen molar-refractivity contribution in [1.29, 1.82) is 0 Å². The molecule has 3 nitrogen and oxygen atoms in total. The van der Waals surface area contributed by atoms with Gasteiger partial charge in [0.15, 0.2) is 0 Å². The van der Waals surface area contributed by atoms with E-state index in [1.165, 1.54) is 18.4 Å². The van der Waals surface area contributed by atoms with Crippen molar-refractivity contribution in [3.8, 4) is 0 Å². The van der Waals surface area contributed by atoms with Crippen molar-refractivity contribution in [3.05, 3.63) is 23.4 Å². The minimum absolute atomic E-state index is 0.0565. The fourth-order valence-corrected chi connectivity index (χ4v) is 1.58. The second-order valence-electron chi connectivity index (χ2n) is 3.23. The van der Waals surface area contributed by atoms with Crippen LogP contribution in [0.1, 0.15) is 0 Å². The largest absolute Gasteiger partial charge is 0.440 e. The van der Waals surface area contributed by atoms with E-state index in [-0.39, 0.29) is 10.9 Å². The summed E-state index contributed by atoms with van der Waals surface area (Å²) in [6.45, 7) is -0.660. The predicted octanol–water partition coefficient (Wildman–Crippen LogP) is 1.60. The van der Waals surface area contributed by atoms with Gasteiger partial charge in [-0.05, 0) is 12.2 Å². The third kappa shape index (κ3) is 1.53. The molecule has 15 heavy (non-hydrogen) atoms. The Labute approximate surface area is 88.2 Å². The molecule has 1 unspecified atom stereocenters. The maximum absolute atomic E-state index is 12.4. The van der Waals surface area contributed by atoms with Crippen molar-refractivity contribution in [2.75, 3.05) is 6.54 Å². The van der Waals surface area contributed by atoms with E-state index >= 15 is 0 Å². The zero-order chi connectivity index (χ0) is 11.3. The molecule has 7 heteroatoms. The van der Waals surface area contributed by atoms with E-state index in [9.17, 15) is 18.3 Å². The summed E-state index contributed by atoms with van der Waals surface area (Å²) in [6, 6.07) is 0. The van der Waals surface area contributed by atoms with Crippen LogP contribution in [0.5, 0.6) is 0 Å². The maximum atomic E-state index is 12.4. The molecule has 0 fully saturated rings. The highest BCUT2D eigenvalue weighted by Crippen LogP contribution is 2.38. The SMILES string of the molecule is OC1(C(F)(F)F)CN2C=CC=C(Cl)C2=N1. The molecule has 82 valence electrons. The van der Waals surface area contributed by atoms with Crippen LogP contribution < -0.4 is 0 Å².